The van der Waals surface area contributed by atoms with Crippen LogP contribution in [0, 0.1) is 0 Å². The second-order valence-electron chi connectivity index (χ2n) is 5.84. The van der Waals surface area contributed by atoms with Gasteiger partial charge in [-0.25, -0.2) is 9.69 Å². The molecule has 1 atom stereocenters. The van der Waals surface area contributed by atoms with Gasteiger partial charge in [0.25, 0.3) is 0 Å². The maximum atomic E-state index is 12.8. The fourth-order valence-corrected chi connectivity index (χ4v) is 3.13. The van der Waals surface area contributed by atoms with Gasteiger partial charge in [0, 0.05) is 11.3 Å². The Hall–Kier alpha value is -3.47. The first-order valence-electron chi connectivity index (χ1n) is 8.33. The van der Waals surface area contributed by atoms with Gasteiger partial charge in [-0.2, -0.15) is 5.06 Å². The molecular weight excluding hydrogens is 328 g/mol. The van der Waals surface area contributed by atoms with Gasteiger partial charge >= 0.3 is 6.09 Å². The largest absolute Gasteiger partial charge is 0.496 e. The number of carbonyl (C=O) groups is 1. The molecule has 0 saturated carbocycles. The molecule has 130 valence electrons. The first-order chi connectivity index (χ1) is 12.8. The molecular formula is C21H18N2O3. The van der Waals surface area contributed by atoms with Gasteiger partial charge in [-0.1, -0.05) is 54.6 Å². The molecule has 1 aliphatic rings. The second kappa shape index (κ2) is 6.80. The Morgan fingerprint density at radius 3 is 2.04 bits per heavy atom. The van der Waals surface area contributed by atoms with E-state index in [1.807, 2.05) is 84.9 Å². The van der Waals surface area contributed by atoms with Gasteiger partial charge in [-0.15, -0.1) is 0 Å². The molecule has 3 aromatic rings. The highest BCUT2D eigenvalue weighted by Gasteiger charge is 2.43. The topological polar surface area (TPSA) is 42.0 Å². The number of rotatable bonds is 4. The highest BCUT2D eigenvalue weighted by atomic mass is 16.7. The van der Waals surface area contributed by atoms with Crippen molar-refractivity contribution in [2.24, 2.45) is 0 Å². The quantitative estimate of drug-likeness (QED) is 0.682. The van der Waals surface area contributed by atoms with Crippen LogP contribution in [0.5, 0.6) is 5.75 Å². The summed E-state index contributed by atoms with van der Waals surface area (Å²) in [6.07, 6.45) is -0.917. The lowest BCUT2D eigenvalue weighted by Crippen LogP contribution is -2.32. The predicted molar refractivity (Wildman–Crippen MR) is 100 cm³/mol. The highest BCUT2D eigenvalue weighted by molar-refractivity contribution is 5.92. The number of para-hydroxylation sites is 3. The lowest BCUT2D eigenvalue weighted by atomic mass is 10.1. The summed E-state index contributed by atoms with van der Waals surface area (Å²) in [6.45, 7) is 0. The standard InChI is InChI=1S/C21H18N2O3/c1-25-19-15-9-8-14-18(19)20-22(16-10-4-2-5-11-16)21(24)26-23(20)17-12-6-3-7-13-17/h2-15,20H,1H3. The van der Waals surface area contributed by atoms with E-state index in [4.69, 9.17) is 9.57 Å². The molecule has 4 rings (SSSR count). The van der Waals surface area contributed by atoms with E-state index in [9.17, 15) is 4.79 Å². The number of benzene rings is 3. The molecule has 1 amide bonds. The third-order valence-electron chi connectivity index (χ3n) is 4.30. The van der Waals surface area contributed by atoms with Gasteiger partial charge < -0.3 is 9.57 Å². The number of amides is 1. The Morgan fingerprint density at radius 1 is 0.808 bits per heavy atom. The van der Waals surface area contributed by atoms with Gasteiger partial charge in [0.2, 0.25) is 0 Å². The average Bonchev–Trinajstić information content (AvgIpc) is 3.06. The molecule has 1 fully saturated rings. The van der Waals surface area contributed by atoms with Crippen molar-refractivity contribution >= 4 is 17.5 Å². The molecule has 0 aromatic heterocycles. The summed E-state index contributed by atoms with van der Waals surface area (Å²) in [7, 11) is 1.62. The van der Waals surface area contributed by atoms with Crippen molar-refractivity contribution in [1.29, 1.82) is 0 Å². The SMILES string of the molecule is COc1ccccc1C1N(c2ccccc2)OC(=O)N1c1ccccc1. The molecule has 5 nitrogen and oxygen atoms in total. The minimum atomic E-state index is -0.483. The normalized spacial score (nSPS) is 16.5. The molecule has 5 heteroatoms. The smallest absolute Gasteiger partial charge is 0.440 e. The number of hydrogen-bond acceptors (Lipinski definition) is 4. The van der Waals surface area contributed by atoms with E-state index in [0.29, 0.717) is 5.75 Å². The highest BCUT2D eigenvalue weighted by Crippen LogP contribution is 2.42. The Balaban J connectivity index is 1.87. The van der Waals surface area contributed by atoms with Crippen LogP contribution in [0.15, 0.2) is 84.9 Å². The van der Waals surface area contributed by atoms with Crippen molar-refractivity contribution in [1.82, 2.24) is 0 Å². The Bertz CT molecular complexity index is 899. The second-order valence-corrected chi connectivity index (χ2v) is 5.84. The zero-order valence-corrected chi connectivity index (χ0v) is 14.3. The fraction of sp³-hybridized carbons (Fsp3) is 0.0952. The summed E-state index contributed by atoms with van der Waals surface area (Å²) in [4.78, 5) is 20.0. The number of carbonyl (C=O) groups excluding carboxylic acids is 1. The molecule has 1 saturated heterocycles. The molecule has 1 unspecified atom stereocenters. The van der Waals surface area contributed by atoms with Crippen molar-refractivity contribution in [3.63, 3.8) is 0 Å². The molecule has 1 heterocycles. The van der Waals surface area contributed by atoms with Crippen LogP contribution < -0.4 is 14.7 Å². The van der Waals surface area contributed by atoms with Crippen LogP contribution in [-0.4, -0.2) is 13.2 Å². The molecule has 0 spiro atoms. The van der Waals surface area contributed by atoms with Crippen molar-refractivity contribution in [2.75, 3.05) is 17.1 Å². The van der Waals surface area contributed by atoms with E-state index in [2.05, 4.69) is 0 Å². The summed E-state index contributed by atoms with van der Waals surface area (Å²) in [5.41, 5.74) is 2.38. The van der Waals surface area contributed by atoms with Crippen molar-refractivity contribution in [2.45, 2.75) is 6.17 Å². The molecule has 1 aliphatic heterocycles. The molecule has 26 heavy (non-hydrogen) atoms. The summed E-state index contributed by atoms with van der Waals surface area (Å²) in [5.74, 6) is 0.692. The van der Waals surface area contributed by atoms with Crippen LogP contribution in [0.4, 0.5) is 16.2 Å². The van der Waals surface area contributed by atoms with Gasteiger partial charge in [0.05, 0.1) is 12.8 Å². The van der Waals surface area contributed by atoms with Gasteiger partial charge in [0.1, 0.15) is 5.75 Å². The Kier molecular flexibility index (Phi) is 4.19. The first kappa shape index (κ1) is 16.0. The van der Waals surface area contributed by atoms with Gasteiger partial charge in [0.15, 0.2) is 6.17 Å². The van der Waals surface area contributed by atoms with Crippen LogP contribution in [0.25, 0.3) is 0 Å². The summed E-state index contributed by atoms with van der Waals surface area (Å²) in [6, 6.07) is 26.7. The number of ether oxygens (including phenoxy) is 1. The number of methoxy groups -OCH3 is 1. The zero-order chi connectivity index (χ0) is 17.9. The fourth-order valence-electron chi connectivity index (χ4n) is 3.13. The monoisotopic (exact) mass is 346 g/mol. The Labute approximate surface area is 151 Å². The molecule has 0 radical (unpaired) electrons. The zero-order valence-electron chi connectivity index (χ0n) is 14.3. The van der Waals surface area contributed by atoms with Crippen molar-refractivity contribution < 1.29 is 14.4 Å². The van der Waals surface area contributed by atoms with Crippen LogP contribution >= 0.6 is 0 Å². The summed E-state index contributed by atoms with van der Waals surface area (Å²) >= 11 is 0. The lowest BCUT2D eigenvalue weighted by molar-refractivity contribution is 0.164. The minimum absolute atomic E-state index is 0.434. The third kappa shape index (κ3) is 2.73. The number of anilines is 2. The maximum absolute atomic E-state index is 12.8. The van der Waals surface area contributed by atoms with E-state index in [-0.39, 0.29) is 0 Å². The number of hydrogen-bond donors (Lipinski definition) is 0. The third-order valence-corrected chi connectivity index (χ3v) is 4.30. The van der Waals surface area contributed by atoms with E-state index >= 15 is 0 Å². The number of hydroxylamine groups is 1. The summed E-state index contributed by atoms with van der Waals surface area (Å²) < 4.78 is 5.54. The van der Waals surface area contributed by atoms with E-state index in [1.54, 1.807) is 17.1 Å². The number of nitrogens with zero attached hydrogens (tertiary/aromatic N) is 2. The molecule has 0 N–H and O–H groups in total. The lowest BCUT2D eigenvalue weighted by Gasteiger charge is -2.28. The van der Waals surface area contributed by atoms with Crippen LogP contribution in [0.3, 0.4) is 0 Å². The van der Waals surface area contributed by atoms with Crippen LogP contribution in [-0.2, 0) is 4.84 Å². The van der Waals surface area contributed by atoms with E-state index < -0.39 is 12.3 Å². The van der Waals surface area contributed by atoms with Crippen LogP contribution in [0.2, 0.25) is 0 Å². The first-order valence-corrected chi connectivity index (χ1v) is 8.33. The van der Waals surface area contributed by atoms with Crippen molar-refractivity contribution in [3.8, 4) is 5.75 Å². The van der Waals surface area contributed by atoms with Gasteiger partial charge in [-0.05, 0) is 30.3 Å². The van der Waals surface area contributed by atoms with E-state index in [0.717, 1.165) is 16.9 Å². The maximum Gasteiger partial charge on any atom is 0.440 e. The van der Waals surface area contributed by atoms with Crippen LogP contribution in [0.1, 0.15) is 11.7 Å². The predicted octanol–water partition coefficient (Wildman–Crippen LogP) is 4.77. The summed E-state index contributed by atoms with van der Waals surface area (Å²) in [5, 5.41) is 1.62. The average molecular weight is 346 g/mol. The van der Waals surface area contributed by atoms with Crippen molar-refractivity contribution in [3.05, 3.63) is 90.5 Å². The van der Waals surface area contributed by atoms with E-state index in [1.165, 1.54) is 0 Å². The molecule has 0 bridgehead atoms. The molecule has 3 aromatic carbocycles. The minimum Gasteiger partial charge on any atom is -0.496 e. The Morgan fingerprint density at radius 2 is 1.38 bits per heavy atom. The molecule has 0 aliphatic carbocycles. The van der Waals surface area contributed by atoms with Gasteiger partial charge in [-0.3, -0.25) is 0 Å².